The van der Waals surface area contributed by atoms with Gasteiger partial charge in [-0.25, -0.2) is 0 Å². The fraction of sp³-hybridized carbons (Fsp3) is 0.857. The van der Waals surface area contributed by atoms with E-state index in [2.05, 4.69) is 0 Å². The maximum Gasteiger partial charge on any atom is 0.0445 e. The standard InChI is InChI=1S/C7H14O2/c1-4-5(2)6(3)7(8)9/h5-6H,4H2,1-3H3,(H,8,9)/p-1. The third-order valence-corrected chi connectivity index (χ3v) is 1.87. The van der Waals surface area contributed by atoms with E-state index in [1.54, 1.807) is 6.92 Å². The molecule has 0 aromatic carbocycles. The van der Waals surface area contributed by atoms with Crippen molar-refractivity contribution in [2.45, 2.75) is 27.2 Å². The van der Waals surface area contributed by atoms with Crippen molar-refractivity contribution in [1.82, 2.24) is 0 Å². The minimum atomic E-state index is -0.940. The van der Waals surface area contributed by atoms with E-state index in [1.165, 1.54) is 0 Å². The first-order chi connectivity index (χ1) is 4.09. The van der Waals surface area contributed by atoms with Gasteiger partial charge in [0.15, 0.2) is 0 Å². The number of rotatable bonds is 3. The van der Waals surface area contributed by atoms with E-state index in [0.29, 0.717) is 0 Å². The fourth-order valence-electron chi connectivity index (χ4n) is 0.586. The summed E-state index contributed by atoms with van der Waals surface area (Å²) >= 11 is 0. The molecule has 0 rings (SSSR count). The van der Waals surface area contributed by atoms with Gasteiger partial charge in [0.25, 0.3) is 0 Å². The monoisotopic (exact) mass is 129 g/mol. The topological polar surface area (TPSA) is 40.1 Å². The van der Waals surface area contributed by atoms with Crippen LogP contribution >= 0.6 is 0 Å². The van der Waals surface area contributed by atoms with Crippen LogP contribution in [0.4, 0.5) is 0 Å². The van der Waals surface area contributed by atoms with Gasteiger partial charge in [0.05, 0.1) is 0 Å². The van der Waals surface area contributed by atoms with Crippen LogP contribution in [0.3, 0.4) is 0 Å². The molecule has 0 heterocycles. The molecule has 2 unspecified atom stereocenters. The summed E-state index contributed by atoms with van der Waals surface area (Å²) in [6.07, 6.45) is 0.898. The van der Waals surface area contributed by atoms with Gasteiger partial charge in [-0.05, 0) is 11.8 Å². The number of carbonyl (C=O) groups is 1. The third kappa shape index (κ3) is 2.49. The number of carboxylic acid groups (broad SMARTS) is 1. The number of aliphatic carboxylic acids is 1. The van der Waals surface area contributed by atoms with E-state index in [4.69, 9.17) is 0 Å². The second-order valence-corrected chi connectivity index (χ2v) is 2.49. The molecule has 0 saturated carbocycles. The molecule has 9 heavy (non-hydrogen) atoms. The highest BCUT2D eigenvalue weighted by Crippen LogP contribution is 2.12. The van der Waals surface area contributed by atoms with Gasteiger partial charge in [-0.15, -0.1) is 0 Å². The Morgan fingerprint density at radius 3 is 2.11 bits per heavy atom. The summed E-state index contributed by atoms with van der Waals surface area (Å²) in [5.41, 5.74) is 0. The lowest BCUT2D eigenvalue weighted by molar-refractivity contribution is -0.312. The molecule has 0 aromatic rings. The van der Waals surface area contributed by atoms with Gasteiger partial charge in [-0.3, -0.25) is 0 Å². The molecule has 0 saturated heterocycles. The average molecular weight is 129 g/mol. The molecule has 0 bridgehead atoms. The first kappa shape index (κ1) is 8.47. The summed E-state index contributed by atoms with van der Waals surface area (Å²) in [6, 6.07) is 0. The summed E-state index contributed by atoms with van der Waals surface area (Å²) in [6.45, 7) is 5.58. The zero-order valence-corrected chi connectivity index (χ0v) is 6.18. The second-order valence-electron chi connectivity index (χ2n) is 2.49. The van der Waals surface area contributed by atoms with E-state index in [0.717, 1.165) is 6.42 Å². The summed E-state index contributed by atoms with van der Waals surface area (Å²) < 4.78 is 0. The third-order valence-electron chi connectivity index (χ3n) is 1.87. The van der Waals surface area contributed by atoms with Gasteiger partial charge in [0.1, 0.15) is 0 Å². The zero-order valence-electron chi connectivity index (χ0n) is 6.18. The van der Waals surface area contributed by atoms with Crippen molar-refractivity contribution in [1.29, 1.82) is 0 Å². The largest absolute Gasteiger partial charge is 0.550 e. The summed E-state index contributed by atoms with van der Waals surface area (Å²) in [5.74, 6) is -1.02. The maximum atomic E-state index is 10.2. The normalized spacial score (nSPS) is 16.8. The Labute approximate surface area is 55.9 Å². The minimum absolute atomic E-state index is 0.231. The highest BCUT2D eigenvalue weighted by atomic mass is 16.4. The molecule has 0 amide bonds. The summed E-state index contributed by atoms with van der Waals surface area (Å²) in [4.78, 5) is 10.2. The van der Waals surface area contributed by atoms with Crippen LogP contribution in [-0.4, -0.2) is 5.97 Å². The van der Waals surface area contributed by atoms with Gasteiger partial charge >= 0.3 is 0 Å². The number of carboxylic acids is 1. The predicted octanol–water partition coefficient (Wildman–Crippen LogP) is 0.418. The Morgan fingerprint density at radius 2 is 2.00 bits per heavy atom. The van der Waals surface area contributed by atoms with Crippen molar-refractivity contribution in [3.05, 3.63) is 0 Å². The van der Waals surface area contributed by atoms with E-state index in [9.17, 15) is 9.90 Å². The molecule has 0 spiro atoms. The molecular formula is C7H13O2-. The summed E-state index contributed by atoms with van der Waals surface area (Å²) in [5, 5.41) is 10.2. The quantitative estimate of drug-likeness (QED) is 0.554. The van der Waals surface area contributed by atoms with Crippen molar-refractivity contribution in [2.24, 2.45) is 11.8 Å². The molecule has 0 N–H and O–H groups in total. The highest BCUT2D eigenvalue weighted by molar-refractivity contribution is 5.67. The molecule has 2 heteroatoms. The Morgan fingerprint density at radius 1 is 1.56 bits per heavy atom. The highest BCUT2D eigenvalue weighted by Gasteiger charge is 2.09. The molecule has 0 aliphatic rings. The van der Waals surface area contributed by atoms with E-state index in [-0.39, 0.29) is 11.8 Å². The maximum absolute atomic E-state index is 10.2. The van der Waals surface area contributed by atoms with Gasteiger partial charge in [0.2, 0.25) is 0 Å². The molecule has 0 aliphatic carbocycles. The predicted molar refractivity (Wildman–Crippen MR) is 33.6 cm³/mol. The Bertz CT molecular complexity index is 99.1. The van der Waals surface area contributed by atoms with Gasteiger partial charge < -0.3 is 9.90 Å². The van der Waals surface area contributed by atoms with Crippen molar-refractivity contribution in [3.8, 4) is 0 Å². The van der Waals surface area contributed by atoms with Crippen LogP contribution in [0.1, 0.15) is 27.2 Å². The van der Waals surface area contributed by atoms with Crippen molar-refractivity contribution in [2.75, 3.05) is 0 Å². The van der Waals surface area contributed by atoms with Crippen molar-refractivity contribution >= 4 is 5.97 Å². The van der Waals surface area contributed by atoms with Gasteiger partial charge in [-0.2, -0.15) is 0 Å². The molecule has 0 aromatic heterocycles. The summed E-state index contributed by atoms with van der Waals surface area (Å²) in [7, 11) is 0. The molecule has 54 valence electrons. The fourth-order valence-corrected chi connectivity index (χ4v) is 0.586. The lowest BCUT2D eigenvalue weighted by Gasteiger charge is -2.18. The number of hydrogen-bond acceptors (Lipinski definition) is 2. The molecule has 0 radical (unpaired) electrons. The van der Waals surface area contributed by atoms with Crippen LogP contribution in [0.25, 0.3) is 0 Å². The van der Waals surface area contributed by atoms with Crippen LogP contribution < -0.4 is 5.11 Å². The number of hydrogen-bond donors (Lipinski definition) is 0. The second kappa shape index (κ2) is 3.49. The van der Waals surface area contributed by atoms with Crippen LogP contribution in [0.15, 0.2) is 0 Å². The average Bonchev–Trinajstić information content (AvgIpc) is 1.84. The van der Waals surface area contributed by atoms with Gasteiger partial charge in [-0.1, -0.05) is 27.2 Å². The van der Waals surface area contributed by atoms with E-state index in [1.807, 2.05) is 13.8 Å². The Kier molecular flexibility index (Phi) is 3.28. The van der Waals surface area contributed by atoms with E-state index < -0.39 is 5.97 Å². The SMILES string of the molecule is CCC(C)C(C)C(=O)[O-]. The first-order valence-corrected chi connectivity index (χ1v) is 3.30. The number of carbonyl (C=O) groups excluding carboxylic acids is 1. The van der Waals surface area contributed by atoms with Crippen LogP contribution in [0.2, 0.25) is 0 Å². The van der Waals surface area contributed by atoms with Crippen LogP contribution in [-0.2, 0) is 4.79 Å². The van der Waals surface area contributed by atoms with Crippen molar-refractivity contribution in [3.63, 3.8) is 0 Å². The smallest absolute Gasteiger partial charge is 0.0445 e. The minimum Gasteiger partial charge on any atom is -0.550 e. The van der Waals surface area contributed by atoms with E-state index >= 15 is 0 Å². The lowest BCUT2D eigenvalue weighted by atomic mass is 9.94. The molecule has 2 atom stereocenters. The Hall–Kier alpha value is -0.530. The van der Waals surface area contributed by atoms with Crippen LogP contribution in [0, 0.1) is 11.8 Å². The first-order valence-electron chi connectivity index (χ1n) is 3.30. The Balaban J connectivity index is 3.72. The zero-order chi connectivity index (χ0) is 7.44. The lowest BCUT2D eigenvalue weighted by Crippen LogP contribution is -2.32. The van der Waals surface area contributed by atoms with Crippen LogP contribution in [0.5, 0.6) is 0 Å². The molecule has 0 aliphatic heterocycles. The molecule has 0 fully saturated rings. The molecular weight excluding hydrogens is 116 g/mol. The van der Waals surface area contributed by atoms with Crippen molar-refractivity contribution < 1.29 is 9.90 Å². The van der Waals surface area contributed by atoms with Gasteiger partial charge in [0, 0.05) is 5.97 Å². The molecule has 2 nitrogen and oxygen atoms in total.